The minimum Gasteiger partial charge on any atom is -0.493 e. The van der Waals surface area contributed by atoms with E-state index in [1.54, 1.807) is 20.2 Å². The van der Waals surface area contributed by atoms with Crippen LogP contribution in [0.4, 0.5) is 0 Å². The Morgan fingerprint density at radius 2 is 2.18 bits per heavy atom. The Morgan fingerprint density at radius 1 is 1.47 bits per heavy atom. The van der Waals surface area contributed by atoms with Gasteiger partial charge in [0.1, 0.15) is 12.6 Å². The zero-order valence-corrected chi connectivity index (χ0v) is 10.2. The predicted molar refractivity (Wildman–Crippen MR) is 63.7 cm³/mol. The molecule has 0 saturated heterocycles. The molecule has 1 aromatic rings. The Morgan fingerprint density at radius 3 is 2.71 bits per heavy atom. The van der Waals surface area contributed by atoms with Gasteiger partial charge in [0, 0.05) is 0 Å². The van der Waals surface area contributed by atoms with Crippen LogP contribution in [0.5, 0.6) is 11.5 Å². The van der Waals surface area contributed by atoms with E-state index in [2.05, 4.69) is 5.32 Å². The van der Waals surface area contributed by atoms with Gasteiger partial charge in [-0.05, 0) is 31.7 Å². The minimum absolute atomic E-state index is 0.0469. The summed E-state index contributed by atoms with van der Waals surface area (Å²) in [7, 11) is 3.13. The van der Waals surface area contributed by atoms with E-state index in [-0.39, 0.29) is 6.61 Å². The van der Waals surface area contributed by atoms with Crippen LogP contribution in [0.1, 0.15) is 5.56 Å². The molecule has 0 aliphatic rings. The highest BCUT2D eigenvalue weighted by Gasteiger charge is 2.16. The molecule has 1 aromatic carbocycles. The van der Waals surface area contributed by atoms with Gasteiger partial charge in [-0.15, -0.1) is 0 Å². The lowest BCUT2D eigenvalue weighted by Gasteiger charge is -2.15. The van der Waals surface area contributed by atoms with E-state index in [0.717, 1.165) is 5.56 Å². The van der Waals surface area contributed by atoms with Crippen molar-refractivity contribution in [2.75, 3.05) is 20.8 Å². The SMILES string of the molecule is CNC(COc1ccc(C)cc1OC)C(=O)O. The number of carboxylic acids is 1. The number of nitrogens with one attached hydrogen (secondary N) is 1. The summed E-state index contributed by atoms with van der Waals surface area (Å²) in [6, 6.07) is 4.75. The van der Waals surface area contributed by atoms with Crippen LogP contribution in [0, 0.1) is 6.92 Å². The zero-order valence-electron chi connectivity index (χ0n) is 10.2. The number of methoxy groups -OCH3 is 1. The number of hydrogen-bond acceptors (Lipinski definition) is 4. The number of carbonyl (C=O) groups is 1. The van der Waals surface area contributed by atoms with Crippen LogP contribution < -0.4 is 14.8 Å². The Kier molecular flexibility index (Phi) is 4.78. The summed E-state index contributed by atoms with van der Waals surface area (Å²) in [5.41, 5.74) is 1.05. The topological polar surface area (TPSA) is 67.8 Å². The fraction of sp³-hybridized carbons (Fsp3) is 0.417. The number of ether oxygens (including phenoxy) is 2. The largest absolute Gasteiger partial charge is 0.493 e. The smallest absolute Gasteiger partial charge is 0.324 e. The number of benzene rings is 1. The summed E-state index contributed by atoms with van der Waals surface area (Å²) in [4.78, 5) is 10.8. The van der Waals surface area contributed by atoms with Crippen LogP contribution >= 0.6 is 0 Å². The van der Waals surface area contributed by atoms with Crippen molar-refractivity contribution in [2.24, 2.45) is 0 Å². The summed E-state index contributed by atoms with van der Waals surface area (Å²) < 4.78 is 10.6. The van der Waals surface area contributed by atoms with Crippen LogP contribution in [0.3, 0.4) is 0 Å². The third-order valence-electron chi connectivity index (χ3n) is 2.37. The molecule has 0 fully saturated rings. The number of carboxylic acid groups (broad SMARTS) is 1. The quantitative estimate of drug-likeness (QED) is 0.776. The fourth-order valence-corrected chi connectivity index (χ4v) is 1.35. The predicted octanol–water partition coefficient (Wildman–Crippen LogP) is 1.06. The van der Waals surface area contributed by atoms with E-state index in [1.807, 2.05) is 19.1 Å². The third-order valence-corrected chi connectivity index (χ3v) is 2.37. The van der Waals surface area contributed by atoms with E-state index in [4.69, 9.17) is 14.6 Å². The first kappa shape index (κ1) is 13.3. The standard InChI is InChI=1S/C12H17NO4/c1-8-4-5-10(11(6-8)16-3)17-7-9(13-2)12(14)15/h4-6,9,13H,7H2,1-3H3,(H,14,15). The van der Waals surface area contributed by atoms with E-state index < -0.39 is 12.0 Å². The summed E-state index contributed by atoms with van der Waals surface area (Å²) in [5, 5.41) is 11.5. The van der Waals surface area contributed by atoms with Gasteiger partial charge in [0.25, 0.3) is 0 Å². The first-order chi connectivity index (χ1) is 8.08. The molecule has 0 spiro atoms. The molecule has 0 aliphatic carbocycles. The Bertz CT molecular complexity index is 392. The normalized spacial score (nSPS) is 11.9. The average molecular weight is 239 g/mol. The second-order valence-electron chi connectivity index (χ2n) is 3.64. The maximum Gasteiger partial charge on any atom is 0.324 e. The third kappa shape index (κ3) is 3.64. The molecular formula is C12H17NO4. The molecule has 0 saturated carbocycles. The van der Waals surface area contributed by atoms with E-state index >= 15 is 0 Å². The van der Waals surface area contributed by atoms with Crippen LogP contribution in [0.2, 0.25) is 0 Å². The molecule has 2 N–H and O–H groups in total. The highest BCUT2D eigenvalue weighted by Crippen LogP contribution is 2.27. The molecule has 0 aromatic heterocycles. The number of aryl methyl sites for hydroxylation is 1. The molecule has 0 bridgehead atoms. The maximum atomic E-state index is 10.8. The monoisotopic (exact) mass is 239 g/mol. The highest BCUT2D eigenvalue weighted by molar-refractivity contribution is 5.73. The molecule has 17 heavy (non-hydrogen) atoms. The first-order valence-electron chi connectivity index (χ1n) is 5.26. The molecule has 94 valence electrons. The van der Waals surface area contributed by atoms with Crippen LogP contribution in [-0.4, -0.2) is 37.9 Å². The van der Waals surface area contributed by atoms with Crippen LogP contribution in [-0.2, 0) is 4.79 Å². The first-order valence-corrected chi connectivity index (χ1v) is 5.26. The molecule has 1 rings (SSSR count). The van der Waals surface area contributed by atoms with Crippen LogP contribution in [0.15, 0.2) is 18.2 Å². The van der Waals surface area contributed by atoms with Crippen molar-refractivity contribution in [3.05, 3.63) is 23.8 Å². The van der Waals surface area contributed by atoms with Gasteiger partial charge in [-0.3, -0.25) is 4.79 Å². The summed E-state index contributed by atoms with van der Waals surface area (Å²) in [6.07, 6.45) is 0. The maximum absolute atomic E-state index is 10.8. The summed E-state index contributed by atoms with van der Waals surface area (Å²) >= 11 is 0. The van der Waals surface area contributed by atoms with Gasteiger partial charge in [0.05, 0.1) is 7.11 Å². The van der Waals surface area contributed by atoms with Gasteiger partial charge in [0.2, 0.25) is 0 Å². The average Bonchev–Trinajstić information content (AvgIpc) is 2.31. The summed E-state index contributed by atoms with van der Waals surface area (Å²) in [5.74, 6) is 0.198. The van der Waals surface area contributed by atoms with Crippen molar-refractivity contribution < 1.29 is 19.4 Å². The number of aliphatic carboxylic acids is 1. The molecule has 0 amide bonds. The number of hydrogen-bond donors (Lipinski definition) is 2. The van der Waals surface area contributed by atoms with Gasteiger partial charge < -0.3 is 19.9 Å². The Balaban J connectivity index is 2.71. The van der Waals surface area contributed by atoms with E-state index in [9.17, 15) is 4.79 Å². The van der Waals surface area contributed by atoms with Gasteiger partial charge >= 0.3 is 5.97 Å². The van der Waals surface area contributed by atoms with Crippen LogP contribution in [0.25, 0.3) is 0 Å². The molecule has 0 aliphatic heterocycles. The molecule has 5 nitrogen and oxygen atoms in total. The lowest BCUT2D eigenvalue weighted by Crippen LogP contribution is -2.39. The number of rotatable bonds is 6. The molecule has 5 heteroatoms. The second kappa shape index (κ2) is 6.10. The minimum atomic E-state index is -0.946. The summed E-state index contributed by atoms with van der Waals surface area (Å²) in [6.45, 7) is 1.99. The van der Waals surface area contributed by atoms with Crippen molar-refractivity contribution in [3.8, 4) is 11.5 Å². The fourth-order valence-electron chi connectivity index (χ4n) is 1.35. The molecule has 1 unspecified atom stereocenters. The van der Waals surface area contributed by atoms with Crippen molar-refractivity contribution in [3.63, 3.8) is 0 Å². The van der Waals surface area contributed by atoms with Gasteiger partial charge in [-0.25, -0.2) is 0 Å². The van der Waals surface area contributed by atoms with E-state index in [0.29, 0.717) is 11.5 Å². The van der Waals surface area contributed by atoms with Crippen molar-refractivity contribution in [2.45, 2.75) is 13.0 Å². The van der Waals surface area contributed by atoms with Gasteiger partial charge in [-0.2, -0.15) is 0 Å². The zero-order chi connectivity index (χ0) is 12.8. The lowest BCUT2D eigenvalue weighted by molar-refractivity contribution is -0.140. The van der Waals surface area contributed by atoms with Crippen molar-refractivity contribution in [1.82, 2.24) is 5.32 Å². The van der Waals surface area contributed by atoms with Gasteiger partial charge in [-0.1, -0.05) is 6.07 Å². The van der Waals surface area contributed by atoms with E-state index in [1.165, 1.54) is 0 Å². The molecular weight excluding hydrogens is 222 g/mol. The Labute approximate surface area is 100 Å². The molecule has 0 heterocycles. The van der Waals surface area contributed by atoms with Gasteiger partial charge in [0.15, 0.2) is 11.5 Å². The highest BCUT2D eigenvalue weighted by atomic mass is 16.5. The Hall–Kier alpha value is -1.75. The molecule has 1 atom stereocenters. The molecule has 0 radical (unpaired) electrons. The van der Waals surface area contributed by atoms with Crippen molar-refractivity contribution in [1.29, 1.82) is 0 Å². The van der Waals surface area contributed by atoms with Crippen molar-refractivity contribution >= 4 is 5.97 Å². The lowest BCUT2D eigenvalue weighted by atomic mass is 10.2. The second-order valence-corrected chi connectivity index (χ2v) is 3.64. The number of likely N-dealkylation sites (N-methyl/N-ethyl adjacent to an activating group) is 1.